The van der Waals surface area contributed by atoms with Gasteiger partial charge in [0, 0.05) is 43.1 Å². The fourth-order valence-corrected chi connectivity index (χ4v) is 6.57. The monoisotopic (exact) mass is 476 g/mol. The van der Waals surface area contributed by atoms with Crippen LogP contribution in [0.15, 0.2) is 4.79 Å². The number of fused-ring (bicyclic) bond motifs is 3. The van der Waals surface area contributed by atoms with Crippen LogP contribution in [0.3, 0.4) is 0 Å². The number of nitrogens with one attached hydrogen (secondary N) is 2. The molecule has 32 heavy (non-hydrogen) atoms. The molecule has 7 nitrogen and oxygen atoms in total. The second-order valence-electron chi connectivity index (χ2n) is 8.60. The quantitative estimate of drug-likeness (QED) is 0.570. The molecule has 0 unspecified atom stereocenters. The van der Waals surface area contributed by atoms with E-state index in [1.165, 1.54) is 29.7 Å². The lowest BCUT2D eigenvalue weighted by atomic mass is 9.97. The number of aryl methyl sites for hydroxylation is 2. The standard InChI is InChI=1S/C23H32N4O3S2/c28-19(24-11-9-20(29)27-12-5-1-2-6-13-27)10-14-31-15-18-25-22(30)21-16-7-3-4-8-17(16)32-23(21)26-18/h1-15H2,(H,24,28)(H,25,26,30). The Balaban J connectivity index is 1.17. The summed E-state index contributed by atoms with van der Waals surface area (Å²) in [5, 5.41) is 3.64. The van der Waals surface area contributed by atoms with Gasteiger partial charge in [0.15, 0.2) is 0 Å². The van der Waals surface area contributed by atoms with E-state index >= 15 is 0 Å². The first-order valence-corrected chi connectivity index (χ1v) is 13.7. The number of hydrogen-bond acceptors (Lipinski definition) is 6. The Morgan fingerprint density at radius 1 is 1.06 bits per heavy atom. The van der Waals surface area contributed by atoms with Gasteiger partial charge in [0.1, 0.15) is 10.7 Å². The molecule has 0 aromatic carbocycles. The van der Waals surface area contributed by atoms with Crippen molar-refractivity contribution < 1.29 is 9.59 Å². The zero-order valence-electron chi connectivity index (χ0n) is 18.5. The molecule has 1 saturated heterocycles. The largest absolute Gasteiger partial charge is 0.356 e. The average molecular weight is 477 g/mol. The summed E-state index contributed by atoms with van der Waals surface area (Å²) in [5.74, 6) is 2.00. The summed E-state index contributed by atoms with van der Waals surface area (Å²) < 4.78 is 0. The zero-order valence-corrected chi connectivity index (χ0v) is 20.2. The number of rotatable bonds is 8. The van der Waals surface area contributed by atoms with Crippen LogP contribution in [0.4, 0.5) is 0 Å². The van der Waals surface area contributed by atoms with Crippen molar-refractivity contribution in [2.24, 2.45) is 0 Å². The molecule has 174 valence electrons. The van der Waals surface area contributed by atoms with E-state index in [9.17, 15) is 14.4 Å². The molecule has 1 fully saturated rings. The Bertz CT molecular complexity index is 1010. The van der Waals surface area contributed by atoms with Gasteiger partial charge in [-0.05, 0) is 44.1 Å². The first kappa shape index (κ1) is 23.3. The van der Waals surface area contributed by atoms with Crippen molar-refractivity contribution in [3.05, 3.63) is 26.6 Å². The van der Waals surface area contributed by atoms with E-state index in [1.807, 2.05) is 4.90 Å². The van der Waals surface area contributed by atoms with Crippen molar-refractivity contribution in [1.82, 2.24) is 20.2 Å². The number of aromatic nitrogens is 2. The minimum absolute atomic E-state index is 0.0307. The number of carbonyl (C=O) groups is 2. The van der Waals surface area contributed by atoms with Gasteiger partial charge in [0.2, 0.25) is 11.8 Å². The molecule has 2 aromatic heterocycles. The molecule has 0 radical (unpaired) electrons. The fraction of sp³-hybridized carbons (Fsp3) is 0.652. The number of thiophene rings is 1. The molecule has 0 saturated carbocycles. The maximum absolute atomic E-state index is 12.6. The second-order valence-corrected chi connectivity index (χ2v) is 10.8. The SMILES string of the molecule is O=C(CCSCc1nc2sc3c(c2c(=O)[nH]1)CCCC3)NCCC(=O)N1CCCCCC1. The predicted octanol–water partition coefficient (Wildman–Crippen LogP) is 3.40. The minimum atomic E-state index is -0.0380. The molecular weight excluding hydrogens is 444 g/mol. The third-order valence-corrected chi connectivity index (χ3v) is 8.36. The maximum atomic E-state index is 12.6. The maximum Gasteiger partial charge on any atom is 0.259 e. The van der Waals surface area contributed by atoms with Crippen molar-refractivity contribution >= 4 is 45.1 Å². The van der Waals surface area contributed by atoms with Crippen molar-refractivity contribution in [3.63, 3.8) is 0 Å². The lowest BCUT2D eigenvalue weighted by molar-refractivity contribution is -0.131. The van der Waals surface area contributed by atoms with E-state index in [2.05, 4.69) is 15.3 Å². The van der Waals surface area contributed by atoms with Crippen LogP contribution in [0.25, 0.3) is 10.2 Å². The van der Waals surface area contributed by atoms with Crippen LogP contribution < -0.4 is 10.9 Å². The molecule has 1 aliphatic heterocycles. The highest BCUT2D eigenvalue weighted by atomic mass is 32.2. The summed E-state index contributed by atoms with van der Waals surface area (Å²) in [6.45, 7) is 2.09. The van der Waals surface area contributed by atoms with Gasteiger partial charge in [0.25, 0.3) is 5.56 Å². The molecule has 0 atom stereocenters. The van der Waals surface area contributed by atoms with Crippen LogP contribution >= 0.6 is 23.1 Å². The third-order valence-electron chi connectivity index (χ3n) is 6.21. The molecule has 2 aromatic rings. The Morgan fingerprint density at radius 2 is 1.84 bits per heavy atom. The molecule has 2 amide bonds. The Morgan fingerprint density at radius 3 is 2.66 bits per heavy atom. The molecule has 0 spiro atoms. The molecule has 2 N–H and O–H groups in total. The molecule has 9 heteroatoms. The molecule has 4 rings (SSSR count). The molecule has 1 aliphatic carbocycles. The van der Waals surface area contributed by atoms with Gasteiger partial charge in [-0.15, -0.1) is 11.3 Å². The lowest BCUT2D eigenvalue weighted by Gasteiger charge is -2.20. The van der Waals surface area contributed by atoms with Crippen LogP contribution in [-0.2, 0) is 28.2 Å². The number of nitrogens with zero attached hydrogens (tertiary/aromatic N) is 2. The van der Waals surface area contributed by atoms with Crippen molar-refractivity contribution in [1.29, 1.82) is 0 Å². The van der Waals surface area contributed by atoms with Crippen LogP contribution in [-0.4, -0.2) is 52.1 Å². The van der Waals surface area contributed by atoms with Gasteiger partial charge in [0.05, 0.1) is 11.1 Å². The van der Waals surface area contributed by atoms with Crippen LogP contribution in [0, 0.1) is 0 Å². The van der Waals surface area contributed by atoms with Gasteiger partial charge in [-0.25, -0.2) is 4.98 Å². The number of thioether (sulfide) groups is 1. The van der Waals surface area contributed by atoms with Crippen LogP contribution in [0.1, 0.15) is 67.6 Å². The Hall–Kier alpha value is -1.87. The number of hydrogen-bond donors (Lipinski definition) is 2. The lowest BCUT2D eigenvalue weighted by Crippen LogP contribution is -2.35. The van der Waals surface area contributed by atoms with Gasteiger partial charge >= 0.3 is 0 Å². The highest BCUT2D eigenvalue weighted by Crippen LogP contribution is 2.33. The third kappa shape index (κ3) is 5.92. The van der Waals surface area contributed by atoms with Crippen molar-refractivity contribution in [2.45, 2.75) is 70.0 Å². The van der Waals surface area contributed by atoms with Gasteiger partial charge in [-0.3, -0.25) is 14.4 Å². The molecule has 0 bridgehead atoms. The van der Waals surface area contributed by atoms with Crippen LogP contribution in [0.2, 0.25) is 0 Å². The van der Waals surface area contributed by atoms with E-state index in [-0.39, 0.29) is 17.4 Å². The summed E-state index contributed by atoms with van der Waals surface area (Å²) in [7, 11) is 0. The summed E-state index contributed by atoms with van der Waals surface area (Å²) >= 11 is 3.25. The van der Waals surface area contributed by atoms with Gasteiger partial charge in [-0.1, -0.05) is 12.8 Å². The number of carbonyl (C=O) groups excluding carboxylic acids is 2. The number of likely N-dealkylation sites (tertiary alicyclic amines) is 1. The smallest absolute Gasteiger partial charge is 0.259 e. The number of amides is 2. The summed E-state index contributed by atoms with van der Waals surface area (Å²) in [4.78, 5) is 48.7. The second kappa shape index (κ2) is 11.3. The van der Waals surface area contributed by atoms with Crippen LogP contribution in [0.5, 0.6) is 0 Å². The predicted molar refractivity (Wildman–Crippen MR) is 130 cm³/mol. The van der Waals surface area contributed by atoms with E-state index in [1.54, 1.807) is 23.1 Å². The van der Waals surface area contributed by atoms with Crippen molar-refractivity contribution in [3.8, 4) is 0 Å². The van der Waals surface area contributed by atoms with E-state index in [0.717, 1.165) is 55.4 Å². The van der Waals surface area contributed by atoms with Gasteiger partial charge < -0.3 is 15.2 Å². The first-order chi connectivity index (χ1) is 15.6. The highest BCUT2D eigenvalue weighted by Gasteiger charge is 2.20. The number of aromatic amines is 1. The molecular formula is C23H32N4O3S2. The Labute approximate surface area is 196 Å². The summed E-state index contributed by atoms with van der Waals surface area (Å²) in [5.41, 5.74) is 1.17. The molecule has 2 aliphatic rings. The summed E-state index contributed by atoms with van der Waals surface area (Å²) in [6.07, 6.45) is 9.69. The topological polar surface area (TPSA) is 95.2 Å². The molecule has 3 heterocycles. The van der Waals surface area contributed by atoms with E-state index < -0.39 is 0 Å². The van der Waals surface area contributed by atoms with Gasteiger partial charge in [-0.2, -0.15) is 11.8 Å². The zero-order chi connectivity index (χ0) is 22.3. The normalized spacial score (nSPS) is 16.6. The average Bonchev–Trinajstić information content (AvgIpc) is 2.95. The number of H-pyrrole nitrogens is 1. The Kier molecular flexibility index (Phi) is 8.24. The first-order valence-electron chi connectivity index (χ1n) is 11.8. The fourth-order valence-electron chi connectivity index (χ4n) is 4.49. The highest BCUT2D eigenvalue weighted by molar-refractivity contribution is 7.98. The van der Waals surface area contributed by atoms with Crippen molar-refractivity contribution in [2.75, 3.05) is 25.4 Å². The summed E-state index contributed by atoms with van der Waals surface area (Å²) in [6, 6.07) is 0. The van der Waals surface area contributed by atoms with E-state index in [0.29, 0.717) is 36.7 Å². The minimum Gasteiger partial charge on any atom is -0.356 e. The van der Waals surface area contributed by atoms with E-state index in [4.69, 9.17) is 0 Å².